The highest BCUT2D eigenvalue weighted by molar-refractivity contribution is 9.10. The second-order valence-corrected chi connectivity index (χ2v) is 4.32. The zero-order chi connectivity index (χ0) is 13.1. The fraction of sp³-hybridized carbons (Fsp3) is 0. The van der Waals surface area contributed by atoms with Crippen LogP contribution in [0.15, 0.2) is 34.9 Å². The number of hydrogen-bond donors (Lipinski definition) is 1. The molecular weight excluding hydrogens is 301 g/mol. The molecule has 2 rings (SSSR count). The molecule has 90 valence electrons. The molecule has 0 bridgehead atoms. The van der Waals surface area contributed by atoms with Crippen molar-refractivity contribution < 1.29 is 9.13 Å². The Morgan fingerprint density at radius 2 is 2.17 bits per heavy atom. The van der Waals surface area contributed by atoms with Gasteiger partial charge in [-0.2, -0.15) is 5.26 Å². The summed E-state index contributed by atoms with van der Waals surface area (Å²) in [5.41, 5.74) is 6.15. The second-order valence-electron chi connectivity index (χ2n) is 3.41. The first-order valence-electron chi connectivity index (χ1n) is 4.88. The number of nitrogens with two attached hydrogens (primary N) is 1. The maximum atomic E-state index is 13.5. The van der Waals surface area contributed by atoms with E-state index >= 15 is 0 Å². The molecule has 2 aromatic rings. The van der Waals surface area contributed by atoms with Gasteiger partial charge in [-0.05, 0) is 24.3 Å². The Morgan fingerprint density at radius 3 is 2.78 bits per heavy atom. The highest BCUT2D eigenvalue weighted by atomic mass is 79.9. The predicted molar refractivity (Wildman–Crippen MR) is 67.5 cm³/mol. The zero-order valence-electron chi connectivity index (χ0n) is 9.02. The van der Waals surface area contributed by atoms with Crippen LogP contribution in [0.1, 0.15) is 5.56 Å². The van der Waals surface area contributed by atoms with Gasteiger partial charge in [0, 0.05) is 10.7 Å². The number of hydrogen-bond acceptors (Lipinski definition) is 4. The van der Waals surface area contributed by atoms with Crippen LogP contribution in [-0.2, 0) is 0 Å². The molecule has 0 radical (unpaired) electrons. The minimum atomic E-state index is -0.532. The maximum Gasteiger partial charge on any atom is 0.242 e. The molecule has 1 aromatic heterocycles. The van der Waals surface area contributed by atoms with Crippen molar-refractivity contribution >= 4 is 21.6 Å². The Bertz CT molecular complexity index is 640. The number of aromatic nitrogens is 1. The summed E-state index contributed by atoms with van der Waals surface area (Å²) in [6.07, 6.45) is 1.31. The molecule has 2 N–H and O–H groups in total. The van der Waals surface area contributed by atoms with Gasteiger partial charge in [-0.25, -0.2) is 9.37 Å². The SMILES string of the molecule is N#Cc1cnc(Oc2ccc(Br)cc2F)c(N)c1. The van der Waals surface area contributed by atoms with Gasteiger partial charge in [0.25, 0.3) is 0 Å². The van der Waals surface area contributed by atoms with Crippen molar-refractivity contribution in [3.05, 3.63) is 46.3 Å². The van der Waals surface area contributed by atoms with Crippen LogP contribution in [0, 0.1) is 17.1 Å². The molecule has 0 unspecified atom stereocenters. The fourth-order valence-electron chi connectivity index (χ4n) is 1.28. The number of ether oxygens (including phenoxy) is 1. The summed E-state index contributed by atoms with van der Waals surface area (Å²) in [5.74, 6) is -0.452. The van der Waals surface area contributed by atoms with Crippen molar-refractivity contribution in [1.82, 2.24) is 4.98 Å². The van der Waals surface area contributed by atoms with Crippen LogP contribution < -0.4 is 10.5 Å². The standard InChI is InChI=1S/C12H7BrFN3O/c13-8-1-2-11(9(14)4-8)18-12-10(16)3-7(5-15)6-17-12/h1-4,6H,16H2. The maximum absolute atomic E-state index is 13.5. The van der Waals surface area contributed by atoms with Crippen LogP contribution in [0.25, 0.3) is 0 Å². The van der Waals surface area contributed by atoms with Crippen LogP contribution in [0.5, 0.6) is 11.6 Å². The number of anilines is 1. The van der Waals surface area contributed by atoms with Gasteiger partial charge in [0.2, 0.25) is 5.88 Å². The van der Waals surface area contributed by atoms with Gasteiger partial charge in [0.05, 0.1) is 11.3 Å². The lowest BCUT2D eigenvalue weighted by Gasteiger charge is -2.08. The van der Waals surface area contributed by atoms with Gasteiger partial charge < -0.3 is 10.5 Å². The normalized spacial score (nSPS) is 9.83. The lowest BCUT2D eigenvalue weighted by atomic mass is 10.3. The Kier molecular flexibility index (Phi) is 3.44. The number of benzene rings is 1. The van der Waals surface area contributed by atoms with Crippen molar-refractivity contribution in [3.8, 4) is 17.7 Å². The van der Waals surface area contributed by atoms with E-state index in [4.69, 9.17) is 15.7 Å². The summed E-state index contributed by atoms with van der Waals surface area (Å²) in [6.45, 7) is 0. The van der Waals surface area contributed by atoms with E-state index < -0.39 is 5.82 Å². The highest BCUT2D eigenvalue weighted by Gasteiger charge is 2.09. The molecule has 0 saturated carbocycles. The fourth-order valence-corrected chi connectivity index (χ4v) is 1.61. The quantitative estimate of drug-likeness (QED) is 0.924. The number of nitrogen functional groups attached to an aromatic ring is 1. The lowest BCUT2D eigenvalue weighted by Crippen LogP contribution is -1.97. The number of pyridine rings is 1. The molecular formula is C12H7BrFN3O. The molecule has 0 aliphatic rings. The third-order valence-corrected chi connectivity index (χ3v) is 2.60. The first-order chi connectivity index (χ1) is 8.60. The van der Waals surface area contributed by atoms with Crippen LogP contribution in [0.2, 0.25) is 0 Å². The van der Waals surface area contributed by atoms with Crippen molar-refractivity contribution in [2.75, 3.05) is 5.73 Å². The zero-order valence-corrected chi connectivity index (χ0v) is 10.6. The average molecular weight is 308 g/mol. The van der Waals surface area contributed by atoms with Gasteiger partial charge in [-0.3, -0.25) is 0 Å². The summed E-state index contributed by atoms with van der Waals surface area (Å²) < 4.78 is 19.4. The van der Waals surface area contributed by atoms with Gasteiger partial charge in [-0.1, -0.05) is 15.9 Å². The summed E-state index contributed by atoms with van der Waals surface area (Å²) in [7, 11) is 0. The monoisotopic (exact) mass is 307 g/mol. The molecule has 0 aliphatic carbocycles. The number of nitriles is 1. The van der Waals surface area contributed by atoms with Crippen LogP contribution in [0.4, 0.5) is 10.1 Å². The largest absolute Gasteiger partial charge is 0.434 e. The number of halogens is 2. The lowest BCUT2D eigenvalue weighted by molar-refractivity contribution is 0.429. The third kappa shape index (κ3) is 2.57. The van der Waals surface area contributed by atoms with Crippen LogP contribution in [0.3, 0.4) is 0 Å². The smallest absolute Gasteiger partial charge is 0.242 e. The highest BCUT2D eigenvalue weighted by Crippen LogP contribution is 2.29. The Labute approximate surface area is 111 Å². The molecule has 0 spiro atoms. The van der Waals surface area contributed by atoms with E-state index in [-0.39, 0.29) is 17.3 Å². The number of nitrogens with zero attached hydrogens (tertiary/aromatic N) is 2. The molecule has 4 nitrogen and oxygen atoms in total. The molecule has 1 heterocycles. The Morgan fingerprint density at radius 1 is 1.39 bits per heavy atom. The predicted octanol–water partition coefficient (Wildman–Crippen LogP) is 3.23. The van der Waals surface area contributed by atoms with E-state index in [1.165, 1.54) is 24.4 Å². The van der Waals surface area contributed by atoms with E-state index in [9.17, 15) is 4.39 Å². The molecule has 6 heteroatoms. The van der Waals surface area contributed by atoms with Gasteiger partial charge >= 0.3 is 0 Å². The van der Waals surface area contributed by atoms with E-state index in [1.54, 1.807) is 6.07 Å². The van der Waals surface area contributed by atoms with Gasteiger partial charge in [0.15, 0.2) is 11.6 Å². The van der Waals surface area contributed by atoms with Crippen molar-refractivity contribution in [2.24, 2.45) is 0 Å². The van der Waals surface area contributed by atoms with Crippen LogP contribution in [-0.4, -0.2) is 4.98 Å². The minimum absolute atomic E-state index is 0.0158. The Balaban J connectivity index is 2.32. The van der Waals surface area contributed by atoms with Crippen LogP contribution >= 0.6 is 15.9 Å². The second kappa shape index (κ2) is 5.02. The van der Waals surface area contributed by atoms with E-state index in [0.29, 0.717) is 10.0 Å². The summed E-state index contributed by atoms with van der Waals surface area (Å²) in [5, 5.41) is 8.67. The van der Waals surface area contributed by atoms with E-state index in [2.05, 4.69) is 20.9 Å². The average Bonchev–Trinajstić information content (AvgIpc) is 2.34. The Hall–Kier alpha value is -2.13. The summed E-state index contributed by atoms with van der Waals surface area (Å²) in [4.78, 5) is 3.86. The molecule has 0 saturated heterocycles. The first kappa shape index (κ1) is 12.3. The molecule has 0 fully saturated rings. The van der Waals surface area contributed by atoms with Gasteiger partial charge in [0.1, 0.15) is 6.07 Å². The first-order valence-corrected chi connectivity index (χ1v) is 5.68. The van der Waals surface area contributed by atoms with Crippen molar-refractivity contribution in [1.29, 1.82) is 5.26 Å². The minimum Gasteiger partial charge on any atom is -0.434 e. The molecule has 0 atom stereocenters. The molecule has 1 aromatic carbocycles. The molecule has 0 aliphatic heterocycles. The van der Waals surface area contributed by atoms with E-state index in [0.717, 1.165) is 0 Å². The summed E-state index contributed by atoms with van der Waals surface area (Å²) in [6, 6.07) is 7.68. The number of rotatable bonds is 2. The third-order valence-electron chi connectivity index (χ3n) is 2.11. The molecule has 0 amide bonds. The van der Waals surface area contributed by atoms with Gasteiger partial charge in [-0.15, -0.1) is 0 Å². The summed E-state index contributed by atoms with van der Waals surface area (Å²) >= 11 is 3.14. The van der Waals surface area contributed by atoms with E-state index in [1.807, 2.05) is 6.07 Å². The topological polar surface area (TPSA) is 71.9 Å². The van der Waals surface area contributed by atoms with Crippen molar-refractivity contribution in [3.63, 3.8) is 0 Å². The van der Waals surface area contributed by atoms with Crippen molar-refractivity contribution in [2.45, 2.75) is 0 Å². The molecule has 18 heavy (non-hydrogen) atoms.